The van der Waals surface area contributed by atoms with E-state index in [4.69, 9.17) is 32.7 Å². The molecule has 0 fully saturated rings. The summed E-state index contributed by atoms with van der Waals surface area (Å²) >= 11 is 12.9. The molecule has 26 heavy (non-hydrogen) atoms. The number of benzene rings is 1. The number of hydrogen-bond donors (Lipinski definition) is 1. The van der Waals surface area contributed by atoms with Gasteiger partial charge in [-0.2, -0.15) is 0 Å². The smallest absolute Gasteiger partial charge is 0.207 e. The van der Waals surface area contributed by atoms with Gasteiger partial charge in [-0.3, -0.25) is 9.78 Å². The summed E-state index contributed by atoms with van der Waals surface area (Å²) in [6, 6.07) is 3.39. The predicted octanol–water partition coefficient (Wildman–Crippen LogP) is 3.26. The molecule has 1 aromatic carbocycles. The Balaban J connectivity index is 2.12. The molecular formula is C17H14Cl2N4O3. The Morgan fingerprint density at radius 1 is 1.08 bits per heavy atom. The van der Waals surface area contributed by atoms with Gasteiger partial charge in [-0.25, -0.2) is 9.97 Å². The number of pyridine rings is 1. The van der Waals surface area contributed by atoms with E-state index in [1.165, 1.54) is 14.2 Å². The number of aromatic nitrogens is 3. The third kappa shape index (κ3) is 3.36. The van der Waals surface area contributed by atoms with E-state index in [1.807, 2.05) is 0 Å². The monoisotopic (exact) mass is 392 g/mol. The highest BCUT2D eigenvalue weighted by Gasteiger charge is 2.20. The van der Waals surface area contributed by atoms with Crippen molar-refractivity contribution in [2.75, 3.05) is 14.2 Å². The summed E-state index contributed by atoms with van der Waals surface area (Å²) in [5, 5.41) is 3.93. The molecule has 0 aliphatic heterocycles. The lowest BCUT2D eigenvalue weighted by Crippen LogP contribution is -2.12. The normalized spacial score (nSPS) is 10.6. The van der Waals surface area contributed by atoms with Crippen LogP contribution in [0.25, 0.3) is 22.2 Å². The van der Waals surface area contributed by atoms with Crippen LogP contribution in [0.15, 0.2) is 24.5 Å². The van der Waals surface area contributed by atoms with E-state index < -0.39 is 0 Å². The molecule has 0 spiro atoms. The summed E-state index contributed by atoms with van der Waals surface area (Å²) in [4.78, 5) is 23.4. The summed E-state index contributed by atoms with van der Waals surface area (Å²) in [7, 11) is 3.02. The fourth-order valence-corrected chi connectivity index (χ4v) is 3.13. The molecule has 2 aromatic heterocycles. The van der Waals surface area contributed by atoms with Crippen LogP contribution in [0.3, 0.4) is 0 Å². The minimum Gasteiger partial charge on any atom is -0.495 e. The van der Waals surface area contributed by atoms with E-state index >= 15 is 0 Å². The average molecular weight is 393 g/mol. The van der Waals surface area contributed by atoms with Crippen molar-refractivity contribution in [3.63, 3.8) is 0 Å². The Labute approximate surface area is 159 Å². The number of nitrogens with zero attached hydrogens (tertiary/aromatic N) is 3. The molecule has 7 nitrogen and oxygen atoms in total. The van der Waals surface area contributed by atoms with Gasteiger partial charge < -0.3 is 14.8 Å². The van der Waals surface area contributed by atoms with Gasteiger partial charge in [0.05, 0.1) is 48.2 Å². The molecule has 134 valence electrons. The second-order valence-electron chi connectivity index (χ2n) is 5.20. The lowest BCUT2D eigenvalue weighted by Gasteiger charge is -2.14. The fourth-order valence-electron chi connectivity index (χ4n) is 2.44. The maximum absolute atomic E-state index is 10.4. The third-order valence-electron chi connectivity index (χ3n) is 3.69. The highest BCUT2D eigenvalue weighted by atomic mass is 35.5. The van der Waals surface area contributed by atoms with Gasteiger partial charge in [0.25, 0.3) is 0 Å². The Hall–Kier alpha value is -2.64. The number of nitrogens with one attached hydrogen (secondary N) is 1. The first-order chi connectivity index (χ1) is 12.6. The molecule has 1 amide bonds. The van der Waals surface area contributed by atoms with Crippen LogP contribution in [0.1, 0.15) is 5.82 Å². The molecule has 9 heteroatoms. The Kier molecular flexibility index (Phi) is 5.39. The minimum absolute atomic E-state index is 0.242. The Morgan fingerprint density at radius 2 is 1.77 bits per heavy atom. The minimum atomic E-state index is 0.242. The van der Waals surface area contributed by atoms with Crippen LogP contribution >= 0.6 is 23.2 Å². The number of carbonyl (C=O) groups excluding carboxylic acids is 1. The van der Waals surface area contributed by atoms with Crippen LogP contribution in [0.2, 0.25) is 10.0 Å². The average Bonchev–Trinajstić information content (AvgIpc) is 2.66. The molecule has 0 aliphatic rings. The van der Waals surface area contributed by atoms with Gasteiger partial charge in [0, 0.05) is 23.2 Å². The molecule has 0 radical (unpaired) electrons. The van der Waals surface area contributed by atoms with E-state index in [0.29, 0.717) is 50.6 Å². The highest BCUT2D eigenvalue weighted by Crippen LogP contribution is 2.45. The zero-order valence-electron chi connectivity index (χ0n) is 13.9. The molecular weight excluding hydrogens is 379 g/mol. The van der Waals surface area contributed by atoms with Crippen LogP contribution in [0, 0.1) is 0 Å². The molecule has 0 atom stereocenters. The van der Waals surface area contributed by atoms with Crippen molar-refractivity contribution in [2.24, 2.45) is 0 Å². The molecule has 0 aliphatic carbocycles. The number of rotatable bonds is 6. The first-order valence-corrected chi connectivity index (χ1v) is 8.23. The number of methoxy groups -OCH3 is 2. The number of fused-ring (bicyclic) bond motifs is 1. The number of carbonyl (C=O) groups is 1. The van der Waals surface area contributed by atoms with Gasteiger partial charge in [0.15, 0.2) is 0 Å². The molecule has 3 rings (SSSR count). The van der Waals surface area contributed by atoms with Crippen LogP contribution in [0.4, 0.5) is 0 Å². The first kappa shape index (κ1) is 18.2. The molecule has 0 unspecified atom stereocenters. The van der Waals surface area contributed by atoms with Gasteiger partial charge in [-0.15, -0.1) is 0 Å². The SMILES string of the molecule is COc1cc(OC)c(Cl)c(-c2cc3cnc(CNC=O)nc3cn2)c1Cl. The number of halogens is 2. The Bertz CT molecular complexity index is 954. The van der Waals surface area contributed by atoms with E-state index in [2.05, 4.69) is 20.3 Å². The zero-order valence-corrected chi connectivity index (χ0v) is 15.4. The number of ether oxygens (including phenoxy) is 2. The first-order valence-electron chi connectivity index (χ1n) is 7.48. The van der Waals surface area contributed by atoms with Crippen molar-refractivity contribution in [1.82, 2.24) is 20.3 Å². The zero-order chi connectivity index (χ0) is 18.7. The fraction of sp³-hybridized carbons (Fsp3) is 0.176. The van der Waals surface area contributed by atoms with Crippen LogP contribution < -0.4 is 14.8 Å². The quantitative estimate of drug-likeness (QED) is 0.647. The van der Waals surface area contributed by atoms with Gasteiger partial charge in [-0.1, -0.05) is 23.2 Å². The van der Waals surface area contributed by atoms with E-state index in [1.54, 1.807) is 24.5 Å². The lowest BCUT2D eigenvalue weighted by molar-refractivity contribution is -0.109. The maximum Gasteiger partial charge on any atom is 0.207 e. The van der Waals surface area contributed by atoms with E-state index in [9.17, 15) is 4.79 Å². The maximum atomic E-state index is 10.4. The summed E-state index contributed by atoms with van der Waals surface area (Å²) < 4.78 is 10.6. The second-order valence-corrected chi connectivity index (χ2v) is 5.95. The predicted molar refractivity (Wildman–Crippen MR) is 98.8 cm³/mol. The second kappa shape index (κ2) is 7.72. The van der Waals surface area contributed by atoms with Gasteiger partial charge in [0.2, 0.25) is 6.41 Å². The van der Waals surface area contributed by atoms with E-state index in [-0.39, 0.29) is 6.54 Å². The van der Waals surface area contributed by atoms with Crippen molar-refractivity contribution in [1.29, 1.82) is 0 Å². The summed E-state index contributed by atoms with van der Waals surface area (Å²) in [5.74, 6) is 1.34. The number of hydrogen-bond acceptors (Lipinski definition) is 6. The standard InChI is InChI=1S/C17H14Cl2N4O3/c1-25-12-4-13(26-2)17(19)15(16(12)18)10-3-9-5-22-14(7-20-8-24)23-11(9)6-21-10/h3-6,8H,7H2,1-2H3,(H,20,24). The summed E-state index contributed by atoms with van der Waals surface area (Å²) in [6.45, 7) is 0.242. The van der Waals surface area contributed by atoms with E-state index in [0.717, 1.165) is 5.39 Å². The van der Waals surface area contributed by atoms with Crippen molar-refractivity contribution in [3.8, 4) is 22.8 Å². The molecule has 1 N–H and O–H groups in total. The van der Waals surface area contributed by atoms with Crippen molar-refractivity contribution in [3.05, 3.63) is 40.4 Å². The third-order valence-corrected chi connectivity index (χ3v) is 4.44. The van der Waals surface area contributed by atoms with Gasteiger partial charge in [0.1, 0.15) is 17.3 Å². The molecule has 0 bridgehead atoms. The van der Waals surface area contributed by atoms with Gasteiger partial charge >= 0.3 is 0 Å². The topological polar surface area (TPSA) is 86.2 Å². The highest BCUT2D eigenvalue weighted by molar-refractivity contribution is 6.41. The van der Waals surface area contributed by atoms with Crippen LogP contribution in [0.5, 0.6) is 11.5 Å². The largest absolute Gasteiger partial charge is 0.495 e. The van der Waals surface area contributed by atoms with Crippen molar-refractivity contribution in [2.45, 2.75) is 6.54 Å². The lowest BCUT2D eigenvalue weighted by atomic mass is 10.1. The number of amides is 1. The molecule has 0 saturated heterocycles. The van der Waals surface area contributed by atoms with Crippen LogP contribution in [-0.2, 0) is 11.3 Å². The van der Waals surface area contributed by atoms with Crippen molar-refractivity contribution < 1.29 is 14.3 Å². The molecule has 2 heterocycles. The Morgan fingerprint density at radius 3 is 2.38 bits per heavy atom. The molecule has 3 aromatic rings. The molecule has 0 saturated carbocycles. The summed E-state index contributed by atoms with van der Waals surface area (Å²) in [5.41, 5.74) is 1.67. The summed E-state index contributed by atoms with van der Waals surface area (Å²) in [6.07, 6.45) is 3.83. The van der Waals surface area contributed by atoms with Crippen LogP contribution in [-0.4, -0.2) is 35.6 Å². The van der Waals surface area contributed by atoms with Crippen molar-refractivity contribution >= 4 is 40.5 Å². The van der Waals surface area contributed by atoms with Gasteiger partial charge in [-0.05, 0) is 6.07 Å².